The maximum absolute atomic E-state index is 12.1. The first-order valence-corrected chi connectivity index (χ1v) is 7.92. The van der Waals surface area contributed by atoms with Crippen molar-refractivity contribution in [3.05, 3.63) is 47.4 Å². The highest BCUT2D eigenvalue weighted by molar-refractivity contribution is 6.55. The monoisotopic (exact) mass is 298 g/mol. The van der Waals surface area contributed by atoms with E-state index in [1.54, 1.807) is 6.08 Å². The zero-order valence-electron chi connectivity index (χ0n) is 13.8. The Morgan fingerprint density at radius 1 is 1.00 bits per heavy atom. The van der Waals surface area contributed by atoms with Crippen LogP contribution in [0.25, 0.3) is 0 Å². The molecule has 1 aromatic carbocycles. The molecular formula is C18H23BO3. The van der Waals surface area contributed by atoms with E-state index in [4.69, 9.17) is 9.31 Å². The van der Waals surface area contributed by atoms with Crippen LogP contribution in [0.3, 0.4) is 0 Å². The molecule has 0 aromatic heterocycles. The van der Waals surface area contributed by atoms with E-state index in [9.17, 15) is 4.79 Å². The number of carbonyl (C=O) groups is 1. The van der Waals surface area contributed by atoms with Crippen LogP contribution in [-0.2, 0) is 14.1 Å². The molecule has 22 heavy (non-hydrogen) atoms. The van der Waals surface area contributed by atoms with Crippen LogP contribution in [0.2, 0.25) is 0 Å². The van der Waals surface area contributed by atoms with Gasteiger partial charge in [-0.3, -0.25) is 4.79 Å². The van der Waals surface area contributed by atoms with Gasteiger partial charge in [0.15, 0.2) is 5.78 Å². The molecule has 1 aliphatic carbocycles. The topological polar surface area (TPSA) is 35.5 Å². The third kappa shape index (κ3) is 2.78. The number of carbonyl (C=O) groups excluding carboxylic acids is 1. The van der Waals surface area contributed by atoms with Crippen LogP contribution in [-0.4, -0.2) is 24.1 Å². The Kier molecular flexibility index (Phi) is 3.78. The minimum absolute atomic E-state index is 0.157. The van der Waals surface area contributed by atoms with Gasteiger partial charge in [-0.1, -0.05) is 30.3 Å². The fraction of sp³-hybridized carbons (Fsp3) is 0.500. The number of hydrogen-bond donors (Lipinski definition) is 0. The molecule has 3 rings (SSSR count). The van der Waals surface area contributed by atoms with Gasteiger partial charge in [-0.15, -0.1) is 0 Å². The summed E-state index contributed by atoms with van der Waals surface area (Å²) < 4.78 is 12.2. The van der Waals surface area contributed by atoms with Crippen LogP contribution in [0.4, 0.5) is 0 Å². The van der Waals surface area contributed by atoms with Gasteiger partial charge in [0.25, 0.3) is 0 Å². The molecule has 1 heterocycles. The quantitative estimate of drug-likeness (QED) is 0.781. The summed E-state index contributed by atoms with van der Waals surface area (Å²) in [7, 11) is -0.416. The molecule has 116 valence electrons. The Balaban J connectivity index is 1.82. The fourth-order valence-corrected chi connectivity index (χ4v) is 3.04. The largest absolute Gasteiger partial charge is 0.490 e. The predicted molar refractivity (Wildman–Crippen MR) is 87.6 cm³/mol. The molecule has 0 unspecified atom stereocenters. The highest BCUT2D eigenvalue weighted by Gasteiger charge is 2.52. The van der Waals surface area contributed by atoms with Crippen molar-refractivity contribution >= 4 is 12.9 Å². The Morgan fingerprint density at radius 2 is 1.59 bits per heavy atom. The van der Waals surface area contributed by atoms with Crippen molar-refractivity contribution in [2.45, 2.75) is 57.7 Å². The zero-order valence-corrected chi connectivity index (χ0v) is 13.8. The van der Waals surface area contributed by atoms with Crippen LogP contribution in [0.1, 0.15) is 52.0 Å². The molecule has 0 amide bonds. The van der Waals surface area contributed by atoms with E-state index in [0.717, 1.165) is 11.9 Å². The lowest BCUT2D eigenvalue weighted by atomic mass is 9.68. The summed E-state index contributed by atoms with van der Waals surface area (Å²) in [6.07, 6.45) is 3.10. The fourth-order valence-electron chi connectivity index (χ4n) is 3.04. The van der Waals surface area contributed by atoms with E-state index in [2.05, 4.69) is 12.1 Å². The lowest BCUT2D eigenvalue weighted by molar-refractivity contribution is -0.115. The van der Waals surface area contributed by atoms with Crippen molar-refractivity contribution in [1.82, 2.24) is 0 Å². The second-order valence-electron chi connectivity index (χ2n) is 7.29. The van der Waals surface area contributed by atoms with Gasteiger partial charge in [0.05, 0.1) is 11.2 Å². The van der Waals surface area contributed by atoms with Gasteiger partial charge in [-0.25, -0.2) is 0 Å². The normalized spacial score (nSPS) is 26.9. The molecule has 0 saturated carbocycles. The standard InChI is InChI=1S/C18H23BO3/c1-17(2)18(3,4)22-19(21-17)15-10-14(11-16(20)12-15)13-8-6-5-7-9-13/h5-9,12,14H,10-11H2,1-4H3/t14-/m1/s1. The van der Waals surface area contributed by atoms with Gasteiger partial charge in [-0.05, 0) is 57.1 Å². The van der Waals surface area contributed by atoms with Gasteiger partial charge < -0.3 is 9.31 Å². The van der Waals surface area contributed by atoms with Crippen molar-refractivity contribution in [3.8, 4) is 0 Å². The molecule has 1 saturated heterocycles. The second-order valence-corrected chi connectivity index (χ2v) is 7.29. The Labute approximate surface area is 132 Å². The third-order valence-corrected chi connectivity index (χ3v) is 5.10. The summed E-state index contributed by atoms with van der Waals surface area (Å²) in [6.45, 7) is 8.14. The van der Waals surface area contributed by atoms with E-state index in [-0.39, 0.29) is 22.9 Å². The van der Waals surface area contributed by atoms with E-state index >= 15 is 0 Å². The summed E-state index contributed by atoms with van der Waals surface area (Å²) in [5, 5.41) is 0. The van der Waals surface area contributed by atoms with Crippen LogP contribution >= 0.6 is 0 Å². The van der Waals surface area contributed by atoms with E-state index < -0.39 is 7.12 Å². The van der Waals surface area contributed by atoms with Crippen LogP contribution < -0.4 is 0 Å². The number of benzene rings is 1. The summed E-state index contributed by atoms with van der Waals surface area (Å²) >= 11 is 0. The Hall–Kier alpha value is -1.39. The highest BCUT2D eigenvalue weighted by atomic mass is 16.7. The van der Waals surface area contributed by atoms with Gasteiger partial charge in [0.1, 0.15) is 0 Å². The molecule has 2 aliphatic rings. The van der Waals surface area contributed by atoms with Gasteiger partial charge in [-0.2, -0.15) is 0 Å². The van der Waals surface area contributed by atoms with Crippen molar-refractivity contribution < 1.29 is 14.1 Å². The molecule has 4 heteroatoms. The lowest BCUT2D eigenvalue weighted by Crippen LogP contribution is -2.41. The molecule has 0 spiro atoms. The molecule has 0 radical (unpaired) electrons. The minimum atomic E-state index is -0.416. The molecular weight excluding hydrogens is 275 g/mol. The minimum Gasteiger partial charge on any atom is -0.400 e. The zero-order chi connectivity index (χ0) is 16.0. The maximum atomic E-state index is 12.1. The first-order chi connectivity index (χ1) is 10.3. The lowest BCUT2D eigenvalue weighted by Gasteiger charge is -2.32. The average Bonchev–Trinajstić information content (AvgIpc) is 2.68. The number of hydrogen-bond acceptors (Lipinski definition) is 3. The summed E-state index contributed by atoms with van der Waals surface area (Å²) in [4.78, 5) is 12.1. The molecule has 0 bridgehead atoms. The predicted octanol–water partition coefficient (Wildman–Crippen LogP) is 3.69. The molecule has 0 N–H and O–H groups in total. The van der Waals surface area contributed by atoms with Crippen molar-refractivity contribution in [1.29, 1.82) is 0 Å². The summed E-state index contributed by atoms with van der Waals surface area (Å²) in [5.41, 5.74) is 1.42. The Bertz CT molecular complexity index is 588. The SMILES string of the molecule is CC1(C)OB(C2=CC(=O)C[C@H](c3ccccc3)C2)OC1(C)C. The van der Waals surface area contributed by atoms with Crippen LogP contribution in [0.15, 0.2) is 41.9 Å². The molecule has 1 aliphatic heterocycles. The first-order valence-electron chi connectivity index (χ1n) is 7.92. The molecule has 1 aromatic rings. The van der Waals surface area contributed by atoms with Crippen LogP contribution in [0.5, 0.6) is 0 Å². The van der Waals surface area contributed by atoms with Gasteiger partial charge >= 0.3 is 7.12 Å². The summed E-state index contributed by atoms with van der Waals surface area (Å²) in [6, 6.07) is 10.2. The van der Waals surface area contributed by atoms with E-state index in [1.807, 2.05) is 45.9 Å². The molecule has 3 nitrogen and oxygen atoms in total. The van der Waals surface area contributed by atoms with Gasteiger partial charge in [0, 0.05) is 6.42 Å². The highest BCUT2D eigenvalue weighted by Crippen LogP contribution is 2.41. The van der Waals surface area contributed by atoms with Crippen LogP contribution in [0, 0.1) is 0 Å². The Morgan fingerprint density at radius 3 is 2.18 bits per heavy atom. The van der Waals surface area contributed by atoms with Crippen molar-refractivity contribution in [2.24, 2.45) is 0 Å². The third-order valence-electron chi connectivity index (χ3n) is 5.10. The van der Waals surface area contributed by atoms with Gasteiger partial charge in [0.2, 0.25) is 0 Å². The number of ketones is 1. The smallest absolute Gasteiger partial charge is 0.400 e. The van der Waals surface area contributed by atoms with Crippen molar-refractivity contribution in [3.63, 3.8) is 0 Å². The van der Waals surface area contributed by atoms with E-state index in [1.165, 1.54) is 5.56 Å². The molecule has 1 fully saturated rings. The van der Waals surface area contributed by atoms with E-state index in [0.29, 0.717) is 6.42 Å². The molecule has 1 atom stereocenters. The average molecular weight is 298 g/mol. The number of allylic oxidation sites excluding steroid dienone is 2. The maximum Gasteiger partial charge on any atom is 0.490 e. The first kappa shape index (κ1) is 15.5. The van der Waals surface area contributed by atoms with Crippen molar-refractivity contribution in [2.75, 3.05) is 0 Å². The number of rotatable bonds is 2. The second kappa shape index (κ2) is 5.36. The summed E-state index contributed by atoms with van der Waals surface area (Å²) in [5.74, 6) is 0.373.